The van der Waals surface area contributed by atoms with Crippen LogP contribution in [0.2, 0.25) is 0 Å². The van der Waals surface area contributed by atoms with Crippen molar-refractivity contribution in [3.63, 3.8) is 0 Å². The van der Waals surface area contributed by atoms with E-state index in [9.17, 15) is 4.39 Å². The van der Waals surface area contributed by atoms with Crippen LogP contribution < -0.4 is 4.90 Å². The largest absolute Gasteiger partial charge is 0.341 e. The average molecular weight is 407 g/mol. The number of hydrogen-bond donors (Lipinski definition) is 1. The maximum atomic E-state index is 13.5. The molecule has 30 heavy (non-hydrogen) atoms. The van der Waals surface area contributed by atoms with E-state index in [2.05, 4.69) is 26.4 Å². The van der Waals surface area contributed by atoms with Crippen LogP contribution in [0.3, 0.4) is 0 Å². The van der Waals surface area contributed by atoms with Crippen molar-refractivity contribution in [2.75, 3.05) is 31.2 Å². The van der Waals surface area contributed by atoms with Crippen molar-refractivity contribution < 1.29 is 13.9 Å². The minimum Gasteiger partial charge on any atom is -0.341 e. The molecule has 0 bridgehead atoms. The Morgan fingerprint density at radius 2 is 1.83 bits per heavy atom. The van der Waals surface area contributed by atoms with Crippen molar-refractivity contribution in [3.05, 3.63) is 72.2 Å². The molecule has 0 radical (unpaired) electrons. The van der Waals surface area contributed by atoms with E-state index in [4.69, 9.17) is 14.5 Å². The zero-order chi connectivity index (χ0) is 20.5. The van der Waals surface area contributed by atoms with Gasteiger partial charge in [0.2, 0.25) is 12.2 Å². The highest BCUT2D eigenvalue weighted by molar-refractivity contribution is 5.63. The van der Waals surface area contributed by atoms with E-state index >= 15 is 0 Å². The van der Waals surface area contributed by atoms with Crippen LogP contribution in [-0.2, 0) is 9.47 Å². The number of aromatic amines is 1. The zero-order valence-electron chi connectivity index (χ0n) is 16.4. The van der Waals surface area contributed by atoms with Gasteiger partial charge in [-0.25, -0.2) is 19.3 Å². The van der Waals surface area contributed by atoms with Gasteiger partial charge >= 0.3 is 0 Å². The lowest BCUT2D eigenvalue weighted by molar-refractivity contribution is -0.165. The Hall–Kier alpha value is -3.10. The number of ether oxygens (including phenoxy) is 2. The first-order valence-corrected chi connectivity index (χ1v) is 9.95. The number of aromatic nitrogens is 4. The number of nitrogens with zero attached hydrogens (tertiary/aromatic N) is 4. The standard InChI is InChI=1S/C22H22FN5O2/c1-14-12-29-21(30-13-14)20-26-18(15-3-5-17(23)6-4-15)19(27-20)16-7-10-28(11-16)22-24-8-2-9-25-22/h2-6,8-9,16,21H,1,7,10-13H2,(H,26,27). The summed E-state index contributed by atoms with van der Waals surface area (Å²) in [7, 11) is 0. The van der Waals surface area contributed by atoms with E-state index < -0.39 is 6.29 Å². The molecule has 154 valence electrons. The van der Waals surface area contributed by atoms with Crippen LogP contribution in [0, 0.1) is 5.82 Å². The van der Waals surface area contributed by atoms with Crippen LogP contribution in [-0.4, -0.2) is 46.2 Å². The Kier molecular flexibility index (Phi) is 5.02. The summed E-state index contributed by atoms with van der Waals surface area (Å²) in [6, 6.07) is 8.20. The van der Waals surface area contributed by atoms with Gasteiger partial charge in [-0.05, 0) is 42.3 Å². The Bertz CT molecular complexity index is 1030. The lowest BCUT2D eigenvalue weighted by Crippen LogP contribution is -2.22. The van der Waals surface area contributed by atoms with E-state index in [1.54, 1.807) is 24.5 Å². The minimum atomic E-state index is -0.571. The van der Waals surface area contributed by atoms with Crippen molar-refractivity contribution in [1.82, 2.24) is 19.9 Å². The quantitative estimate of drug-likeness (QED) is 0.666. The van der Waals surface area contributed by atoms with E-state index in [0.717, 1.165) is 48.0 Å². The summed E-state index contributed by atoms with van der Waals surface area (Å²) in [4.78, 5) is 19.1. The fraction of sp³-hybridized carbons (Fsp3) is 0.318. The third kappa shape index (κ3) is 3.71. The molecule has 0 spiro atoms. The Balaban J connectivity index is 1.47. The summed E-state index contributed by atoms with van der Waals surface area (Å²) in [6.45, 7) is 6.38. The monoisotopic (exact) mass is 407 g/mol. The van der Waals surface area contributed by atoms with Crippen molar-refractivity contribution in [2.45, 2.75) is 18.6 Å². The molecule has 4 heterocycles. The molecule has 2 aliphatic heterocycles. The van der Waals surface area contributed by atoms with E-state index in [-0.39, 0.29) is 11.7 Å². The van der Waals surface area contributed by atoms with Gasteiger partial charge in [0, 0.05) is 42.7 Å². The fourth-order valence-corrected chi connectivity index (χ4v) is 3.91. The molecule has 2 aliphatic rings. The number of halogens is 1. The molecule has 3 aromatic rings. The highest BCUT2D eigenvalue weighted by Gasteiger charge is 2.32. The van der Waals surface area contributed by atoms with Crippen molar-refractivity contribution in [1.29, 1.82) is 0 Å². The molecule has 1 N–H and O–H groups in total. The number of hydrogen-bond acceptors (Lipinski definition) is 6. The van der Waals surface area contributed by atoms with Crippen LogP contribution in [0.15, 0.2) is 54.9 Å². The fourth-order valence-electron chi connectivity index (χ4n) is 3.91. The minimum absolute atomic E-state index is 0.202. The predicted octanol–water partition coefficient (Wildman–Crippen LogP) is 3.60. The number of H-pyrrole nitrogens is 1. The molecule has 8 heteroatoms. The number of imidazole rings is 1. The van der Waals surface area contributed by atoms with Gasteiger partial charge in [-0.1, -0.05) is 6.58 Å². The van der Waals surface area contributed by atoms with Crippen LogP contribution in [0.4, 0.5) is 10.3 Å². The summed E-state index contributed by atoms with van der Waals surface area (Å²) in [5.41, 5.74) is 3.53. The first-order valence-electron chi connectivity index (χ1n) is 9.95. The highest BCUT2D eigenvalue weighted by atomic mass is 19.1. The van der Waals surface area contributed by atoms with Crippen molar-refractivity contribution in [2.24, 2.45) is 0 Å². The summed E-state index contributed by atoms with van der Waals surface area (Å²) in [5, 5.41) is 0. The maximum absolute atomic E-state index is 13.5. The molecule has 0 saturated carbocycles. The molecule has 2 aromatic heterocycles. The first kappa shape index (κ1) is 18.9. The SMILES string of the molecule is C=C1COC(c2nc(-c3ccc(F)cc3)c(C3CCN(c4ncccn4)C3)[nH]2)OC1. The summed E-state index contributed by atoms with van der Waals surface area (Å²) < 4.78 is 25.0. The summed E-state index contributed by atoms with van der Waals surface area (Å²) in [6.07, 6.45) is 3.86. The van der Waals surface area contributed by atoms with E-state index in [1.165, 1.54) is 12.1 Å². The Morgan fingerprint density at radius 3 is 2.57 bits per heavy atom. The second-order valence-electron chi connectivity index (χ2n) is 7.58. The third-order valence-electron chi connectivity index (χ3n) is 5.40. The Morgan fingerprint density at radius 1 is 1.10 bits per heavy atom. The molecule has 2 fully saturated rings. The lowest BCUT2D eigenvalue weighted by atomic mass is 9.99. The number of nitrogens with one attached hydrogen (secondary N) is 1. The van der Waals surface area contributed by atoms with E-state index in [0.29, 0.717) is 19.0 Å². The second-order valence-corrected chi connectivity index (χ2v) is 7.58. The molecule has 2 saturated heterocycles. The van der Waals surface area contributed by atoms with Crippen molar-refractivity contribution in [3.8, 4) is 11.3 Å². The molecule has 5 rings (SSSR count). The Labute approximate surface area is 173 Å². The van der Waals surface area contributed by atoms with Crippen LogP contribution >= 0.6 is 0 Å². The molecule has 0 amide bonds. The van der Waals surface area contributed by atoms with E-state index in [1.807, 2.05) is 6.07 Å². The molecular formula is C22H22FN5O2. The lowest BCUT2D eigenvalue weighted by Gasteiger charge is -2.23. The van der Waals surface area contributed by atoms with Gasteiger partial charge in [-0.3, -0.25) is 0 Å². The zero-order valence-corrected chi connectivity index (χ0v) is 16.4. The van der Waals surface area contributed by atoms with Gasteiger partial charge in [0.25, 0.3) is 0 Å². The van der Waals surface area contributed by atoms with Crippen LogP contribution in [0.25, 0.3) is 11.3 Å². The van der Waals surface area contributed by atoms with Gasteiger partial charge < -0.3 is 19.4 Å². The molecular weight excluding hydrogens is 385 g/mol. The molecule has 1 atom stereocenters. The van der Waals surface area contributed by atoms with Gasteiger partial charge in [0.05, 0.1) is 18.9 Å². The number of anilines is 1. The normalized spacial score (nSPS) is 20.1. The van der Waals surface area contributed by atoms with Crippen LogP contribution in [0.1, 0.15) is 30.1 Å². The predicted molar refractivity (Wildman–Crippen MR) is 109 cm³/mol. The average Bonchev–Trinajstić information content (AvgIpc) is 3.43. The first-order chi connectivity index (χ1) is 14.7. The highest BCUT2D eigenvalue weighted by Crippen LogP contribution is 2.36. The topological polar surface area (TPSA) is 76.2 Å². The molecule has 0 aliphatic carbocycles. The maximum Gasteiger partial charge on any atom is 0.225 e. The third-order valence-corrected chi connectivity index (χ3v) is 5.40. The van der Waals surface area contributed by atoms with Gasteiger partial charge in [0.1, 0.15) is 5.82 Å². The molecule has 1 aromatic carbocycles. The number of rotatable bonds is 4. The van der Waals surface area contributed by atoms with Gasteiger partial charge in [0.15, 0.2) is 5.82 Å². The number of benzene rings is 1. The molecule has 7 nitrogen and oxygen atoms in total. The van der Waals surface area contributed by atoms with Gasteiger partial charge in [-0.15, -0.1) is 0 Å². The smallest absolute Gasteiger partial charge is 0.225 e. The summed E-state index contributed by atoms with van der Waals surface area (Å²) in [5.74, 6) is 1.27. The molecule has 1 unspecified atom stereocenters. The van der Waals surface area contributed by atoms with Gasteiger partial charge in [-0.2, -0.15) is 0 Å². The van der Waals surface area contributed by atoms with Crippen molar-refractivity contribution >= 4 is 5.95 Å². The second kappa shape index (κ2) is 7.97. The van der Waals surface area contributed by atoms with Crippen LogP contribution in [0.5, 0.6) is 0 Å². The summed E-state index contributed by atoms with van der Waals surface area (Å²) >= 11 is 0.